The number of pyridine rings is 1. The lowest BCUT2D eigenvalue weighted by Crippen LogP contribution is -2.19. The van der Waals surface area contributed by atoms with Gasteiger partial charge in [0, 0.05) is 16.8 Å². The number of aromatic nitrogens is 1. The molecule has 1 heterocycles. The van der Waals surface area contributed by atoms with Crippen LogP contribution in [-0.4, -0.2) is 17.2 Å². The Morgan fingerprint density at radius 2 is 1.60 bits per heavy atom. The van der Waals surface area contributed by atoms with E-state index in [4.69, 9.17) is 22.1 Å². The van der Waals surface area contributed by atoms with Crippen LogP contribution in [0.1, 0.15) is 23.3 Å². The van der Waals surface area contributed by atoms with Crippen molar-refractivity contribution in [3.8, 4) is 16.9 Å². The van der Waals surface area contributed by atoms with Crippen LogP contribution in [0.2, 0.25) is 5.02 Å². The van der Waals surface area contributed by atoms with Crippen LogP contribution in [-0.2, 0) is 0 Å². The number of ether oxygens (including phenoxy) is 1. The summed E-state index contributed by atoms with van der Waals surface area (Å²) >= 11 is 5.89. The molecule has 0 spiro atoms. The zero-order chi connectivity index (χ0) is 17.8. The van der Waals surface area contributed by atoms with Crippen LogP contribution >= 0.6 is 11.6 Å². The molecule has 2 atom stereocenters. The number of aliphatic hydroxyl groups is 1. The molecule has 3 N–H and O–H groups in total. The Bertz CT molecular complexity index is 835. The van der Waals surface area contributed by atoms with Gasteiger partial charge in [-0.2, -0.15) is 0 Å². The molecule has 5 heteroatoms. The molecule has 1 aromatic heterocycles. The SMILES string of the molecule is COc1cncc(-c2ccc([C@@H](O)[C@@H](N)c3ccc(Cl)cc3)cc2)c1. The number of nitrogens with zero attached hydrogens (tertiary/aromatic N) is 1. The molecule has 0 aliphatic carbocycles. The Morgan fingerprint density at radius 3 is 2.24 bits per heavy atom. The minimum Gasteiger partial charge on any atom is -0.495 e. The number of halogens is 1. The maximum Gasteiger partial charge on any atom is 0.137 e. The van der Waals surface area contributed by atoms with E-state index in [0.717, 1.165) is 22.3 Å². The Morgan fingerprint density at radius 1 is 0.960 bits per heavy atom. The second kappa shape index (κ2) is 7.66. The zero-order valence-corrected chi connectivity index (χ0v) is 14.5. The van der Waals surface area contributed by atoms with Crippen molar-refractivity contribution < 1.29 is 9.84 Å². The number of hydrogen-bond acceptors (Lipinski definition) is 4. The van der Waals surface area contributed by atoms with Gasteiger partial charge in [0.25, 0.3) is 0 Å². The molecule has 0 radical (unpaired) electrons. The minimum absolute atomic E-state index is 0.526. The first kappa shape index (κ1) is 17.4. The molecule has 0 saturated carbocycles. The van der Waals surface area contributed by atoms with Crippen LogP contribution in [0.4, 0.5) is 0 Å². The Kier molecular flexibility index (Phi) is 5.34. The van der Waals surface area contributed by atoms with Crippen LogP contribution in [0.3, 0.4) is 0 Å². The van der Waals surface area contributed by atoms with E-state index >= 15 is 0 Å². The van der Waals surface area contributed by atoms with Crippen LogP contribution in [0.5, 0.6) is 5.75 Å². The van der Waals surface area contributed by atoms with Gasteiger partial charge in [-0.05, 0) is 34.9 Å². The number of nitrogens with two attached hydrogens (primary N) is 1. The first-order valence-corrected chi connectivity index (χ1v) is 8.25. The van der Waals surface area contributed by atoms with Crippen molar-refractivity contribution in [3.63, 3.8) is 0 Å². The fourth-order valence-corrected chi connectivity index (χ4v) is 2.76. The third-order valence-corrected chi connectivity index (χ3v) is 4.38. The number of benzene rings is 2. The molecule has 0 fully saturated rings. The maximum absolute atomic E-state index is 10.6. The molecule has 4 nitrogen and oxygen atoms in total. The van der Waals surface area contributed by atoms with E-state index in [0.29, 0.717) is 10.8 Å². The Hall–Kier alpha value is -2.40. The molecular formula is C20H19ClN2O2. The maximum atomic E-state index is 10.6. The summed E-state index contributed by atoms with van der Waals surface area (Å²) in [6, 6.07) is 16.2. The summed E-state index contributed by atoms with van der Waals surface area (Å²) < 4.78 is 5.20. The average molecular weight is 355 g/mol. The topological polar surface area (TPSA) is 68.4 Å². The van der Waals surface area contributed by atoms with Crippen LogP contribution in [0, 0.1) is 0 Å². The fourth-order valence-electron chi connectivity index (χ4n) is 2.64. The van der Waals surface area contributed by atoms with Crippen molar-refractivity contribution in [2.75, 3.05) is 7.11 Å². The van der Waals surface area contributed by atoms with Crippen molar-refractivity contribution in [1.29, 1.82) is 0 Å². The number of methoxy groups -OCH3 is 1. The Balaban J connectivity index is 1.80. The zero-order valence-electron chi connectivity index (χ0n) is 13.8. The lowest BCUT2D eigenvalue weighted by molar-refractivity contribution is 0.147. The molecule has 2 aromatic carbocycles. The van der Waals surface area contributed by atoms with Crippen molar-refractivity contribution in [1.82, 2.24) is 4.98 Å². The average Bonchev–Trinajstić information content (AvgIpc) is 2.67. The first-order chi connectivity index (χ1) is 12.1. The van der Waals surface area contributed by atoms with Gasteiger partial charge in [0.2, 0.25) is 0 Å². The number of aliphatic hydroxyl groups excluding tert-OH is 1. The highest BCUT2D eigenvalue weighted by molar-refractivity contribution is 6.30. The summed E-state index contributed by atoms with van der Waals surface area (Å²) in [5.41, 5.74) is 9.71. The molecule has 0 amide bonds. The molecule has 128 valence electrons. The van der Waals surface area contributed by atoms with Gasteiger partial charge in [-0.1, -0.05) is 48.0 Å². The van der Waals surface area contributed by atoms with E-state index in [-0.39, 0.29) is 0 Å². The molecule has 0 saturated heterocycles. The standard InChI is InChI=1S/C20H19ClN2O2/c1-25-18-10-16(11-23-12-18)13-2-4-15(5-3-13)20(24)19(22)14-6-8-17(21)9-7-14/h2-12,19-20,24H,22H2,1H3/t19-,20+/m0/s1. The monoisotopic (exact) mass is 354 g/mol. The summed E-state index contributed by atoms with van der Waals surface area (Å²) in [6.45, 7) is 0. The van der Waals surface area contributed by atoms with E-state index < -0.39 is 12.1 Å². The van der Waals surface area contributed by atoms with E-state index in [1.807, 2.05) is 42.5 Å². The van der Waals surface area contributed by atoms with E-state index in [2.05, 4.69) is 4.98 Å². The largest absolute Gasteiger partial charge is 0.495 e. The Labute approximate surface area is 151 Å². The lowest BCUT2D eigenvalue weighted by Gasteiger charge is -2.20. The summed E-state index contributed by atoms with van der Waals surface area (Å²) in [5, 5.41) is 11.2. The molecule has 0 unspecified atom stereocenters. The summed E-state index contributed by atoms with van der Waals surface area (Å²) in [5.74, 6) is 0.700. The van der Waals surface area contributed by atoms with Gasteiger partial charge in [-0.3, -0.25) is 4.98 Å². The second-order valence-electron chi connectivity index (χ2n) is 5.76. The third kappa shape index (κ3) is 3.99. The third-order valence-electron chi connectivity index (χ3n) is 4.13. The predicted octanol–water partition coefficient (Wildman–Crippen LogP) is 4.14. The quantitative estimate of drug-likeness (QED) is 0.722. The summed E-state index contributed by atoms with van der Waals surface area (Å²) in [4.78, 5) is 4.16. The molecule has 0 aliphatic heterocycles. The highest BCUT2D eigenvalue weighted by atomic mass is 35.5. The first-order valence-electron chi connectivity index (χ1n) is 7.87. The normalized spacial score (nSPS) is 13.3. The fraction of sp³-hybridized carbons (Fsp3) is 0.150. The molecule has 3 rings (SSSR count). The van der Waals surface area contributed by atoms with Gasteiger partial charge in [-0.15, -0.1) is 0 Å². The van der Waals surface area contributed by atoms with Crippen molar-refractivity contribution in [3.05, 3.63) is 83.1 Å². The van der Waals surface area contributed by atoms with Gasteiger partial charge in [0.15, 0.2) is 0 Å². The highest BCUT2D eigenvalue weighted by Gasteiger charge is 2.18. The van der Waals surface area contributed by atoms with Crippen LogP contribution < -0.4 is 10.5 Å². The van der Waals surface area contributed by atoms with Gasteiger partial charge in [-0.25, -0.2) is 0 Å². The predicted molar refractivity (Wildman–Crippen MR) is 99.6 cm³/mol. The number of hydrogen-bond donors (Lipinski definition) is 2. The van der Waals surface area contributed by atoms with Crippen molar-refractivity contribution in [2.45, 2.75) is 12.1 Å². The lowest BCUT2D eigenvalue weighted by atomic mass is 9.95. The van der Waals surface area contributed by atoms with E-state index in [1.165, 1.54) is 0 Å². The summed E-state index contributed by atoms with van der Waals surface area (Å²) in [7, 11) is 1.61. The highest BCUT2D eigenvalue weighted by Crippen LogP contribution is 2.29. The minimum atomic E-state index is -0.807. The van der Waals surface area contributed by atoms with Gasteiger partial charge >= 0.3 is 0 Å². The molecular weight excluding hydrogens is 336 g/mol. The van der Waals surface area contributed by atoms with Crippen molar-refractivity contribution in [2.24, 2.45) is 5.73 Å². The smallest absolute Gasteiger partial charge is 0.137 e. The van der Waals surface area contributed by atoms with Crippen LogP contribution in [0.25, 0.3) is 11.1 Å². The van der Waals surface area contributed by atoms with E-state index in [1.54, 1.807) is 31.6 Å². The molecule has 25 heavy (non-hydrogen) atoms. The number of rotatable bonds is 5. The molecule has 3 aromatic rings. The van der Waals surface area contributed by atoms with Gasteiger partial charge < -0.3 is 15.6 Å². The van der Waals surface area contributed by atoms with Gasteiger partial charge in [0.05, 0.1) is 25.5 Å². The molecule has 0 aliphatic rings. The second-order valence-corrected chi connectivity index (χ2v) is 6.19. The van der Waals surface area contributed by atoms with E-state index in [9.17, 15) is 5.11 Å². The molecule has 0 bridgehead atoms. The van der Waals surface area contributed by atoms with Crippen molar-refractivity contribution >= 4 is 11.6 Å². The summed E-state index contributed by atoms with van der Waals surface area (Å²) in [6.07, 6.45) is 2.62. The van der Waals surface area contributed by atoms with Crippen LogP contribution in [0.15, 0.2) is 67.0 Å². The van der Waals surface area contributed by atoms with Gasteiger partial charge in [0.1, 0.15) is 5.75 Å².